The van der Waals surface area contributed by atoms with Crippen molar-refractivity contribution in [3.05, 3.63) is 29.8 Å². The lowest BCUT2D eigenvalue weighted by molar-refractivity contribution is 0.0244. The van der Waals surface area contributed by atoms with E-state index in [1.54, 1.807) is 31.2 Å². The predicted octanol–water partition coefficient (Wildman–Crippen LogP) is 3.41. The zero-order valence-corrected chi connectivity index (χ0v) is 16.4. The normalized spacial score (nSPS) is 17.6. The largest absolute Gasteiger partial charge is 0.496 e. The molecule has 0 N–H and O–H groups in total. The molecule has 2 rings (SSSR count). The highest BCUT2D eigenvalue weighted by Crippen LogP contribution is 2.24. The molecule has 144 valence electrons. The van der Waals surface area contributed by atoms with Crippen molar-refractivity contribution >= 4 is 12.0 Å². The van der Waals surface area contributed by atoms with Crippen molar-refractivity contribution in [1.29, 1.82) is 0 Å². The van der Waals surface area contributed by atoms with E-state index in [4.69, 9.17) is 9.47 Å². The molecule has 1 aromatic carbocycles. The van der Waals surface area contributed by atoms with Crippen LogP contribution in [0.25, 0.3) is 0 Å². The van der Waals surface area contributed by atoms with E-state index in [9.17, 15) is 9.59 Å². The average Bonchev–Trinajstić information content (AvgIpc) is 2.59. The van der Waals surface area contributed by atoms with Gasteiger partial charge in [0.25, 0.3) is 5.91 Å². The van der Waals surface area contributed by atoms with E-state index in [2.05, 4.69) is 0 Å². The number of nitrogens with zero attached hydrogens (tertiary/aromatic N) is 2. The minimum absolute atomic E-state index is 0.0212. The Labute approximate surface area is 156 Å². The Morgan fingerprint density at radius 3 is 2.62 bits per heavy atom. The molecule has 1 aliphatic heterocycles. The summed E-state index contributed by atoms with van der Waals surface area (Å²) in [4.78, 5) is 28.5. The summed E-state index contributed by atoms with van der Waals surface area (Å²) in [7, 11) is 3.32. The molecule has 26 heavy (non-hydrogen) atoms. The van der Waals surface area contributed by atoms with Gasteiger partial charge in [-0.2, -0.15) is 0 Å². The summed E-state index contributed by atoms with van der Waals surface area (Å²) in [6, 6.07) is 7.28. The third-order valence-corrected chi connectivity index (χ3v) is 4.38. The van der Waals surface area contributed by atoms with E-state index in [1.807, 2.05) is 37.8 Å². The zero-order chi connectivity index (χ0) is 19.3. The van der Waals surface area contributed by atoms with Gasteiger partial charge in [0, 0.05) is 26.7 Å². The third-order valence-electron chi connectivity index (χ3n) is 4.38. The van der Waals surface area contributed by atoms with Gasteiger partial charge >= 0.3 is 6.09 Å². The second-order valence-electron chi connectivity index (χ2n) is 7.82. The number of hydrogen-bond donors (Lipinski definition) is 0. The van der Waals surface area contributed by atoms with Gasteiger partial charge in [-0.05, 0) is 51.7 Å². The van der Waals surface area contributed by atoms with Crippen LogP contribution < -0.4 is 4.74 Å². The van der Waals surface area contributed by atoms with E-state index in [0.717, 1.165) is 19.4 Å². The molecule has 0 radical (unpaired) electrons. The minimum atomic E-state index is -0.510. The number of ether oxygens (including phenoxy) is 2. The topological polar surface area (TPSA) is 59.1 Å². The van der Waals surface area contributed by atoms with Crippen LogP contribution in [-0.4, -0.2) is 61.2 Å². The third kappa shape index (κ3) is 5.38. The van der Waals surface area contributed by atoms with Gasteiger partial charge in [0.1, 0.15) is 11.4 Å². The number of carbonyl (C=O) groups is 2. The van der Waals surface area contributed by atoms with Gasteiger partial charge in [-0.25, -0.2) is 4.79 Å². The van der Waals surface area contributed by atoms with E-state index < -0.39 is 5.60 Å². The Bertz CT molecular complexity index is 639. The number of benzene rings is 1. The van der Waals surface area contributed by atoms with Gasteiger partial charge in [0.2, 0.25) is 0 Å². The molecule has 2 amide bonds. The van der Waals surface area contributed by atoms with Crippen LogP contribution in [-0.2, 0) is 4.74 Å². The van der Waals surface area contributed by atoms with E-state index in [0.29, 0.717) is 24.4 Å². The first-order chi connectivity index (χ1) is 12.2. The smallest absolute Gasteiger partial charge is 0.410 e. The maximum absolute atomic E-state index is 12.9. The number of rotatable bonds is 4. The van der Waals surface area contributed by atoms with Crippen LogP contribution in [0.15, 0.2) is 24.3 Å². The van der Waals surface area contributed by atoms with Gasteiger partial charge in [-0.3, -0.25) is 4.79 Å². The van der Waals surface area contributed by atoms with Crippen LogP contribution in [0.2, 0.25) is 0 Å². The summed E-state index contributed by atoms with van der Waals surface area (Å²) in [5, 5.41) is 0. The Morgan fingerprint density at radius 2 is 1.96 bits per heavy atom. The standard InChI is InChI=1S/C20H30N2O4/c1-20(2,3)26-19(24)21(4)13-15-9-8-12-22(14-15)18(23)16-10-6-7-11-17(16)25-5/h6-7,10-11,15H,8-9,12-14H2,1-5H3. The molecule has 1 unspecified atom stereocenters. The molecule has 0 aliphatic carbocycles. The minimum Gasteiger partial charge on any atom is -0.496 e. The second kappa shape index (κ2) is 8.43. The lowest BCUT2D eigenvalue weighted by Gasteiger charge is -2.35. The number of amides is 2. The molecule has 1 atom stereocenters. The van der Waals surface area contributed by atoms with Crippen molar-refractivity contribution in [2.24, 2.45) is 5.92 Å². The lowest BCUT2D eigenvalue weighted by Crippen LogP contribution is -2.45. The van der Waals surface area contributed by atoms with E-state index >= 15 is 0 Å². The number of hydrogen-bond acceptors (Lipinski definition) is 4. The molecule has 0 bridgehead atoms. The number of methoxy groups -OCH3 is 1. The Morgan fingerprint density at radius 1 is 1.27 bits per heavy atom. The first-order valence-corrected chi connectivity index (χ1v) is 9.07. The number of carbonyl (C=O) groups excluding carboxylic acids is 2. The summed E-state index contributed by atoms with van der Waals surface area (Å²) in [5.74, 6) is 0.803. The number of para-hydroxylation sites is 1. The van der Waals surface area contributed by atoms with Crippen molar-refractivity contribution in [2.75, 3.05) is 33.8 Å². The van der Waals surface area contributed by atoms with Crippen molar-refractivity contribution in [1.82, 2.24) is 9.80 Å². The first-order valence-electron chi connectivity index (χ1n) is 9.07. The highest BCUT2D eigenvalue weighted by Gasteiger charge is 2.28. The SMILES string of the molecule is COc1ccccc1C(=O)N1CCCC(CN(C)C(=O)OC(C)(C)C)C1. The van der Waals surface area contributed by atoms with Crippen LogP contribution in [0.3, 0.4) is 0 Å². The molecule has 1 aromatic rings. The monoisotopic (exact) mass is 362 g/mol. The van der Waals surface area contributed by atoms with Crippen molar-refractivity contribution in [2.45, 2.75) is 39.2 Å². The fourth-order valence-corrected chi connectivity index (χ4v) is 3.19. The molecule has 0 spiro atoms. The number of likely N-dealkylation sites (tertiary alicyclic amines) is 1. The maximum Gasteiger partial charge on any atom is 0.410 e. The second-order valence-corrected chi connectivity index (χ2v) is 7.82. The molecular formula is C20H30N2O4. The molecule has 0 aromatic heterocycles. The number of piperidine rings is 1. The highest BCUT2D eigenvalue weighted by molar-refractivity contribution is 5.97. The van der Waals surface area contributed by atoms with Gasteiger partial charge < -0.3 is 19.3 Å². The van der Waals surface area contributed by atoms with Crippen molar-refractivity contribution < 1.29 is 19.1 Å². The fourth-order valence-electron chi connectivity index (χ4n) is 3.19. The lowest BCUT2D eigenvalue weighted by atomic mass is 9.97. The fraction of sp³-hybridized carbons (Fsp3) is 0.600. The first kappa shape index (κ1) is 20.1. The molecular weight excluding hydrogens is 332 g/mol. The Hall–Kier alpha value is -2.24. The van der Waals surface area contributed by atoms with Crippen LogP contribution in [0.1, 0.15) is 44.0 Å². The van der Waals surface area contributed by atoms with Crippen molar-refractivity contribution in [3.63, 3.8) is 0 Å². The van der Waals surface area contributed by atoms with E-state index in [1.165, 1.54) is 0 Å². The molecule has 6 heteroatoms. The molecule has 1 fully saturated rings. The highest BCUT2D eigenvalue weighted by atomic mass is 16.6. The van der Waals surface area contributed by atoms with Crippen LogP contribution in [0.5, 0.6) is 5.75 Å². The zero-order valence-electron chi connectivity index (χ0n) is 16.4. The predicted molar refractivity (Wildman–Crippen MR) is 100 cm³/mol. The molecule has 1 heterocycles. The summed E-state index contributed by atoms with van der Waals surface area (Å²) >= 11 is 0. The van der Waals surface area contributed by atoms with Crippen LogP contribution in [0, 0.1) is 5.92 Å². The quantitative estimate of drug-likeness (QED) is 0.823. The molecule has 6 nitrogen and oxygen atoms in total. The maximum atomic E-state index is 12.9. The van der Waals surface area contributed by atoms with Gasteiger partial charge in [-0.1, -0.05) is 12.1 Å². The molecule has 0 saturated carbocycles. The van der Waals surface area contributed by atoms with E-state index in [-0.39, 0.29) is 17.9 Å². The van der Waals surface area contributed by atoms with Crippen molar-refractivity contribution in [3.8, 4) is 5.75 Å². The summed E-state index contributed by atoms with van der Waals surface area (Å²) in [6.07, 6.45) is 1.59. The molecule has 1 aliphatic rings. The van der Waals surface area contributed by atoms with Crippen LogP contribution in [0.4, 0.5) is 4.79 Å². The Kier molecular flexibility index (Phi) is 6.51. The summed E-state index contributed by atoms with van der Waals surface area (Å²) in [5.41, 5.74) is 0.0696. The van der Waals surface area contributed by atoms with Gasteiger partial charge in [0.05, 0.1) is 12.7 Å². The summed E-state index contributed by atoms with van der Waals surface area (Å²) in [6.45, 7) is 7.49. The van der Waals surface area contributed by atoms with Gasteiger partial charge in [0.15, 0.2) is 0 Å². The Balaban J connectivity index is 1.98. The van der Waals surface area contributed by atoms with Gasteiger partial charge in [-0.15, -0.1) is 0 Å². The van der Waals surface area contributed by atoms with Crippen LogP contribution >= 0.6 is 0 Å². The average molecular weight is 362 g/mol. The molecule has 1 saturated heterocycles. The summed E-state index contributed by atoms with van der Waals surface area (Å²) < 4.78 is 10.7.